The van der Waals surface area contributed by atoms with Crippen LogP contribution >= 0.6 is 0 Å². The van der Waals surface area contributed by atoms with Gasteiger partial charge >= 0.3 is 5.97 Å². The SMILES string of the molecule is CC(NS(=O)(=O)c1ccc(OCCC(=O)O)cc1)C(N)=O. The molecule has 1 unspecified atom stereocenters. The fraction of sp³-hybridized carbons (Fsp3) is 0.333. The van der Waals surface area contributed by atoms with Crippen LogP contribution in [0.3, 0.4) is 0 Å². The highest BCUT2D eigenvalue weighted by Crippen LogP contribution is 2.16. The van der Waals surface area contributed by atoms with Crippen molar-refractivity contribution in [3.05, 3.63) is 24.3 Å². The maximum absolute atomic E-state index is 11.9. The molecule has 1 aromatic carbocycles. The van der Waals surface area contributed by atoms with Crippen molar-refractivity contribution in [1.82, 2.24) is 4.72 Å². The van der Waals surface area contributed by atoms with Crippen LogP contribution in [0, 0.1) is 0 Å². The Morgan fingerprint density at radius 2 is 1.90 bits per heavy atom. The number of carbonyl (C=O) groups is 2. The van der Waals surface area contributed by atoms with E-state index in [1.165, 1.54) is 31.2 Å². The number of nitrogens with two attached hydrogens (primary N) is 1. The van der Waals surface area contributed by atoms with Crippen molar-refractivity contribution in [1.29, 1.82) is 0 Å². The molecule has 9 heteroatoms. The molecule has 21 heavy (non-hydrogen) atoms. The largest absolute Gasteiger partial charge is 0.493 e. The molecule has 0 heterocycles. The summed E-state index contributed by atoms with van der Waals surface area (Å²) in [6.45, 7) is 1.32. The first-order chi connectivity index (χ1) is 9.72. The average molecular weight is 316 g/mol. The second-order valence-electron chi connectivity index (χ2n) is 4.21. The summed E-state index contributed by atoms with van der Waals surface area (Å²) in [6, 6.07) is 4.33. The van der Waals surface area contributed by atoms with Gasteiger partial charge in [0.1, 0.15) is 5.75 Å². The Bertz CT molecular complexity index is 611. The number of primary amides is 1. The molecular formula is C12H16N2O6S. The lowest BCUT2D eigenvalue weighted by atomic mass is 10.3. The molecule has 1 amide bonds. The lowest BCUT2D eigenvalue weighted by Crippen LogP contribution is -2.42. The van der Waals surface area contributed by atoms with Crippen molar-refractivity contribution < 1.29 is 27.9 Å². The monoisotopic (exact) mass is 316 g/mol. The van der Waals surface area contributed by atoms with E-state index in [2.05, 4.69) is 4.72 Å². The molecule has 0 aliphatic carbocycles. The van der Waals surface area contributed by atoms with Crippen LogP contribution in [0.5, 0.6) is 5.75 Å². The molecule has 4 N–H and O–H groups in total. The number of hydrogen-bond acceptors (Lipinski definition) is 5. The Hall–Kier alpha value is -2.13. The zero-order valence-corrected chi connectivity index (χ0v) is 12.1. The molecule has 116 valence electrons. The molecule has 0 spiro atoms. The molecule has 1 atom stereocenters. The molecule has 0 saturated heterocycles. The van der Waals surface area contributed by atoms with E-state index in [9.17, 15) is 18.0 Å². The van der Waals surface area contributed by atoms with Crippen molar-refractivity contribution in [2.45, 2.75) is 24.3 Å². The minimum absolute atomic E-state index is 0.0155. The molecule has 0 aliphatic heterocycles. The normalized spacial score (nSPS) is 12.6. The third-order valence-electron chi connectivity index (χ3n) is 2.48. The van der Waals surface area contributed by atoms with Gasteiger partial charge in [-0.05, 0) is 31.2 Å². The van der Waals surface area contributed by atoms with Crippen LogP contribution in [0.4, 0.5) is 0 Å². The van der Waals surface area contributed by atoms with Crippen LogP contribution in [0.15, 0.2) is 29.2 Å². The second kappa shape index (κ2) is 7.04. The summed E-state index contributed by atoms with van der Waals surface area (Å²) in [6.07, 6.45) is -0.155. The molecule has 0 fully saturated rings. The summed E-state index contributed by atoms with van der Waals surface area (Å²) in [5.74, 6) is -1.43. The zero-order chi connectivity index (χ0) is 16.0. The third-order valence-corrected chi connectivity index (χ3v) is 4.03. The minimum Gasteiger partial charge on any atom is -0.493 e. The number of carboxylic acid groups (broad SMARTS) is 1. The Balaban J connectivity index is 2.72. The Morgan fingerprint density at radius 1 is 1.33 bits per heavy atom. The van der Waals surface area contributed by atoms with Crippen LogP contribution in [0.2, 0.25) is 0 Å². The molecule has 1 aromatic rings. The number of hydrogen-bond donors (Lipinski definition) is 3. The van der Waals surface area contributed by atoms with Crippen LogP contribution < -0.4 is 15.2 Å². The summed E-state index contributed by atoms with van der Waals surface area (Å²) >= 11 is 0. The van der Waals surface area contributed by atoms with Gasteiger partial charge in [0.2, 0.25) is 15.9 Å². The number of aliphatic carboxylic acids is 1. The number of carboxylic acids is 1. The maximum atomic E-state index is 11.9. The number of sulfonamides is 1. The highest BCUT2D eigenvalue weighted by Gasteiger charge is 2.20. The van der Waals surface area contributed by atoms with E-state index >= 15 is 0 Å². The number of ether oxygens (including phenoxy) is 1. The van der Waals surface area contributed by atoms with E-state index in [-0.39, 0.29) is 17.9 Å². The van der Waals surface area contributed by atoms with Gasteiger partial charge in [0.15, 0.2) is 0 Å². The lowest BCUT2D eigenvalue weighted by molar-refractivity contribution is -0.137. The second-order valence-corrected chi connectivity index (χ2v) is 5.92. The molecular weight excluding hydrogens is 300 g/mol. The number of carbonyl (C=O) groups excluding carboxylic acids is 1. The van der Waals surface area contributed by atoms with Gasteiger partial charge in [-0.1, -0.05) is 0 Å². The number of nitrogens with one attached hydrogen (secondary N) is 1. The summed E-state index contributed by atoms with van der Waals surface area (Å²) in [7, 11) is -3.86. The summed E-state index contributed by atoms with van der Waals surface area (Å²) in [4.78, 5) is 21.1. The highest BCUT2D eigenvalue weighted by molar-refractivity contribution is 7.89. The van der Waals surface area contributed by atoms with Crippen molar-refractivity contribution in [2.24, 2.45) is 5.73 Å². The Morgan fingerprint density at radius 3 is 2.38 bits per heavy atom. The van der Waals surface area contributed by atoms with Gasteiger partial charge < -0.3 is 15.6 Å². The molecule has 0 aromatic heterocycles. The van der Waals surface area contributed by atoms with Gasteiger partial charge in [-0.25, -0.2) is 8.42 Å². The minimum atomic E-state index is -3.86. The number of rotatable bonds is 8. The Kier molecular flexibility index (Phi) is 5.68. The van der Waals surface area contributed by atoms with Gasteiger partial charge in [-0.2, -0.15) is 4.72 Å². The van der Waals surface area contributed by atoms with Gasteiger partial charge in [0, 0.05) is 0 Å². The quantitative estimate of drug-likeness (QED) is 0.602. The molecule has 8 nitrogen and oxygen atoms in total. The number of amides is 1. The van der Waals surface area contributed by atoms with E-state index in [1.807, 2.05) is 0 Å². The third kappa shape index (κ3) is 5.40. The van der Waals surface area contributed by atoms with Gasteiger partial charge in [-0.3, -0.25) is 9.59 Å². The van der Waals surface area contributed by atoms with Crippen LogP contribution in [0.25, 0.3) is 0 Å². The molecule has 1 rings (SSSR count). The van der Waals surface area contributed by atoms with Gasteiger partial charge in [0.25, 0.3) is 0 Å². The first-order valence-corrected chi connectivity index (χ1v) is 7.47. The first kappa shape index (κ1) is 16.9. The topological polar surface area (TPSA) is 136 Å². The Labute approximate surface area is 122 Å². The first-order valence-electron chi connectivity index (χ1n) is 5.98. The molecule has 0 bridgehead atoms. The van der Waals surface area contributed by atoms with E-state index in [4.69, 9.17) is 15.6 Å². The van der Waals surface area contributed by atoms with E-state index < -0.39 is 27.9 Å². The predicted octanol–water partition coefficient (Wildman–Crippen LogP) is -0.308. The average Bonchev–Trinajstić information content (AvgIpc) is 2.38. The van der Waals surface area contributed by atoms with E-state index in [0.29, 0.717) is 5.75 Å². The van der Waals surface area contributed by atoms with Crippen molar-refractivity contribution in [2.75, 3.05) is 6.61 Å². The van der Waals surface area contributed by atoms with Crippen molar-refractivity contribution in [3.63, 3.8) is 0 Å². The zero-order valence-electron chi connectivity index (χ0n) is 11.3. The number of benzene rings is 1. The highest BCUT2D eigenvalue weighted by atomic mass is 32.2. The summed E-state index contributed by atoms with van der Waals surface area (Å²) in [5.41, 5.74) is 4.99. The van der Waals surface area contributed by atoms with E-state index in [1.54, 1.807) is 0 Å². The van der Waals surface area contributed by atoms with E-state index in [0.717, 1.165) is 0 Å². The van der Waals surface area contributed by atoms with Gasteiger partial charge in [-0.15, -0.1) is 0 Å². The van der Waals surface area contributed by atoms with Crippen molar-refractivity contribution in [3.8, 4) is 5.75 Å². The maximum Gasteiger partial charge on any atom is 0.306 e. The fourth-order valence-electron chi connectivity index (χ4n) is 1.33. The molecule has 0 radical (unpaired) electrons. The van der Waals surface area contributed by atoms with Crippen LogP contribution in [0.1, 0.15) is 13.3 Å². The van der Waals surface area contributed by atoms with Crippen molar-refractivity contribution >= 4 is 21.9 Å². The predicted molar refractivity (Wildman–Crippen MR) is 73.2 cm³/mol. The molecule has 0 aliphatic rings. The van der Waals surface area contributed by atoms with Gasteiger partial charge in [0.05, 0.1) is 24.0 Å². The van der Waals surface area contributed by atoms with Crippen LogP contribution in [-0.4, -0.2) is 38.0 Å². The smallest absolute Gasteiger partial charge is 0.306 e. The van der Waals surface area contributed by atoms with Crippen LogP contribution in [-0.2, 0) is 19.6 Å². The fourth-order valence-corrected chi connectivity index (χ4v) is 2.54. The standard InChI is InChI=1S/C12H16N2O6S/c1-8(12(13)17)14-21(18,19)10-4-2-9(3-5-10)20-7-6-11(15)16/h2-5,8,14H,6-7H2,1H3,(H2,13,17)(H,15,16). The summed E-state index contributed by atoms with van der Waals surface area (Å²) < 4.78 is 31.1. The summed E-state index contributed by atoms with van der Waals surface area (Å²) in [5, 5.41) is 8.47. The lowest BCUT2D eigenvalue weighted by Gasteiger charge is -2.11. The molecule has 0 saturated carbocycles.